The molecule has 0 fully saturated rings. The molecule has 0 bridgehead atoms. The van der Waals surface area contributed by atoms with Gasteiger partial charge in [0.05, 0.1) is 21.3 Å². The highest BCUT2D eigenvalue weighted by Crippen LogP contribution is 2.34. The molecule has 0 aliphatic heterocycles. The second kappa shape index (κ2) is 9.02. The van der Waals surface area contributed by atoms with Crippen LogP contribution in [0.3, 0.4) is 0 Å². The van der Waals surface area contributed by atoms with Crippen LogP contribution >= 0.6 is 0 Å². The predicted octanol–water partition coefficient (Wildman–Crippen LogP) is 1.83. The molecule has 0 radical (unpaired) electrons. The molecule has 0 heterocycles. The van der Waals surface area contributed by atoms with Crippen LogP contribution in [-0.2, 0) is 6.42 Å². The van der Waals surface area contributed by atoms with Crippen LogP contribution in [0.4, 0.5) is 0 Å². The third kappa shape index (κ3) is 5.02. The fourth-order valence-electron chi connectivity index (χ4n) is 2.10. The zero-order valence-corrected chi connectivity index (χ0v) is 14.3. The Morgan fingerprint density at radius 1 is 1.09 bits per heavy atom. The number of methoxy groups -OCH3 is 3. The molecule has 1 rings (SSSR count). The van der Waals surface area contributed by atoms with Crippen molar-refractivity contribution in [1.29, 1.82) is 0 Å². The monoisotopic (exact) mass is 309 g/mol. The van der Waals surface area contributed by atoms with Gasteiger partial charge in [-0.05, 0) is 20.3 Å². The molecule has 124 valence electrons. The minimum Gasteiger partial charge on any atom is -0.496 e. The minimum absolute atomic E-state index is 0.330. The lowest BCUT2D eigenvalue weighted by Gasteiger charge is -2.17. The quantitative estimate of drug-likeness (QED) is 0.594. The second-order valence-electron chi connectivity index (χ2n) is 5.06. The molecule has 6 heteroatoms. The highest BCUT2D eigenvalue weighted by atomic mass is 16.5. The van der Waals surface area contributed by atoms with Gasteiger partial charge in [-0.25, -0.2) is 0 Å². The van der Waals surface area contributed by atoms with Crippen molar-refractivity contribution in [2.45, 2.75) is 26.3 Å². The molecule has 1 aromatic rings. The lowest BCUT2D eigenvalue weighted by atomic mass is 10.1. The Labute approximate surface area is 132 Å². The minimum atomic E-state index is 0.330. The van der Waals surface area contributed by atoms with Crippen molar-refractivity contribution in [1.82, 2.24) is 10.6 Å². The summed E-state index contributed by atoms with van der Waals surface area (Å²) in [6.07, 6.45) is 0.745. The van der Waals surface area contributed by atoms with E-state index in [1.165, 1.54) is 0 Å². The summed E-state index contributed by atoms with van der Waals surface area (Å²) in [4.78, 5) is 4.18. The van der Waals surface area contributed by atoms with E-state index in [1.54, 1.807) is 28.4 Å². The van der Waals surface area contributed by atoms with Gasteiger partial charge in [0, 0.05) is 37.3 Å². The standard InChI is InChI=1S/C16H27N3O3/c1-11(2)19-16(17-3)18-8-7-13-14(21-5)9-12(20-4)10-15(13)22-6/h9-11H,7-8H2,1-6H3,(H2,17,18,19). The zero-order chi connectivity index (χ0) is 16.5. The first-order valence-corrected chi connectivity index (χ1v) is 7.31. The fourth-order valence-corrected chi connectivity index (χ4v) is 2.10. The Morgan fingerprint density at radius 2 is 1.68 bits per heavy atom. The summed E-state index contributed by atoms with van der Waals surface area (Å²) in [6.45, 7) is 4.86. The van der Waals surface area contributed by atoms with E-state index in [0.29, 0.717) is 18.3 Å². The number of rotatable bonds is 7. The summed E-state index contributed by atoms with van der Waals surface area (Å²) in [6, 6.07) is 4.05. The number of ether oxygens (including phenoxy) is 3. The maximum Gasteiger partial charge on any atom is 0.191 e. The van der Waals surface area contributed by atoms with Crippen LogP contribution in [0.2, 0.25) is 0 Å². The number of benzene rings is 1. The summed E-state index contributed by atoms with van der Waals surface area (Å²) in [5.74, 6) is 3.00. The SMILES string of the molecule is CN=C(NCCc1c(OC)cc(OC)cc1OC)NC(C)C. The summed E-state index contributed by atoms with van der Waals surface area (Å²) in [5.41, 5.74) is 0.998. The van der Waals surface area contributed by atoms with Crippen molar-refractivity contribution in [2.24, 2.45) is 4.99 Å². The molecule has 2 N–H and O–H groups in total. The summed E-state index contributed by atoms with van der Waals surface area (Å²) in [5, 5.41) is 6.52. The average Bonchev–Trinajstić information content (AvgIpc) is 2.52. The van der Waals surface area contributed by atoms with Gasteiger partial charge in [-0.2, -0.15) is 0 Å². The van der Waals surface area contributed by atoms with Crippen LogP contribution in [0.1, 0.15) is 19.4 Å². The Kier molecular flexibility index (Phi) is 7.36. The van der Waals surface area contributed by atoms with E-state index >= 15 is 0 Å². The molecular formula is C16H27N3O3. The summed E-state index contributed by atoms with van der Waals surface area (Å²) in [7, 11) is 6.66. The predicted molar refractivity (Wildman–Crippen MR) is 89.4 cm³/mol. The Morgan fingerprint density at radius 3 is 2.09 bits per heavy atom. The van der Waals surface area contributed by atoms with Gasteiger partial charge in [0.1, 0.15) is 17.2 Å². The number of hydrogen-bond acceptors (Lipinski definition) is 4. The van der Waals surface area contributed by atoms with E-state index in [-0.39, 0.29) is 0 Å². The number of nitrogens with one attached hydrogen (secondary N) is 2. The molecule has 0 atom stereocenters. The molecule has 0 aliphatic rings. The average molecular weight is 309 g/mol. The van der Waals surface area contributed by atoms with Gasteiger partial charge in [0.25, 0.3) is 0 Å². The largest absolute Gasteiger partial charge is 0.496 e. The summed E-state index contributed by atoms with van der Waals surface area (Å²) < 4.78 is 16.1. The Bertz CT molecular complexity index is 476. The first kappa shape index (κ1) is 17.9. The molecule has 0 unspecified atom stereocenters. The molecule has 6 nitrogen and oxygen atoms in total. The van der Waals surface area contributed by atoms with Gasteiger partial charge in [-0.1, -0.05) is 0 Å². The van der Waals surface area contributed by atoms with Gasteiger partial charge in [-0.3, -0.25) is 4.99 Å². The van der Waals surface area contributed by atoms with Gasteiger partial charge in [0.15, 0.2) is 5.96 Å². The number of hydrogen-bond donors (Lipinski definition) is 2. The number of aliphatic imine (C=N–C) groups is 1. The molecule has 0 aromatic heterocycles. The zero-order valence-electron chi connectivity index (χ0n) is 14.3. The normalized spacial score (nSPS) is 11.3. The van der Waals surface area contributed by atoms with E-state index in [0.717, 1.165) is 29.4 Å². The van der Waals surface area contributed by atoms with Crippen molar-refractivity contribution < 1.29 is 14.2 Å². The third-order valence-electron chi connectivity index (χ3n) is 3.13. The van der Waals surface area contributed by atoms with E-state index in [2.05, 4.69) is 29.5 Å². The Hall–Kier alpha value is -2.11. The van der Waals surface area contributed by atoms with Crippen LogP contribution in [0.5, 0.6) is 17.2 Å². The molecule has 0 amide bonds. The van der Waals surface area contributed by atoms with Crippen LogP contribution in [0, 0.1) is 0 Å². The van der Waals surface area contributed by atoms with Crippen LogP contribution in [0.15, 0.2) is 17.1 Å². The molecule has 0 aliphatic carbocycles. The lowest BCUT2D eigenvalue weighted by molar-refractivity contribution is 0.368. The van der Waals surface area contributed by atoms with Gasteiger partial charge >= 0.3 is 0 Å². The van der Waals surface area contributed by atoms with Gasteiger partial charge < -0.3 is 24.8 Å². The number of nitrogens with zero attached hydrogens (tertiary/aromatic N) is 1. The van der Waals surface area contributed by atoms with Gasteiger partial charge in [0.2, 0.25) is 0 Å². The maximum absolute atomic E-state index is 5.45. The van der Waals surface area contributed by atoms with E-state index < -0.39 is 0 Å². The first-order valence-electron chi connectivity index (χ1n) is 7.31. The van der Waals surface area contributed by atoms with E-state index in [1.807, 2.05) is 12.1 Å². The van der Waals surface area contributed by atoms with E-state index in [9.17, 15) is 0 Å². The molecule has 0 saturated carbocycles. The topological polar surface area (TPSA) is 64.1 Å². The van der Waals surface area contributed by atoms with Crippen molar-refractivity contribution in [2.75, 3.05) is 34.9 Å². The molecular weight excluding hydrogens is 282 g/mol. The van der Waals surface area contributed by atoms with Crippen LogP contribution in [0.25, 0.3) is 0 Å². The molecule has 0 spiro atoms. The smallest absolute Gasteiger partial charge is 0.191 e. The molecule has 22 heavy (non-hydrogen) atoms. The van der Waals surface area contributed by atoms with Crippen molar-refractivity contribution in [3.05, 3.63) is 17.7 Å². The van der Waals surface area contributed by atoms with Crippen molar-refractivity contribution in [3.63, 3.8) is 0 Å². The molecule has 0 saturated heterocycles. The summed E-state index contributed by atoms with van der Waals surface area (Å²) >= 11 is 0. The highest BCUT2D eigenvalue weighted by Gasteiger charge is 2.13. The van der Waals surface area contributed by atoms with Gasteiger partial charge in [-0.15, -0.1) is 0 Å². The fraction of sp³-hybridized carbons (Fsp3) is 0.562. The molecule has 1 aromatic carbocycles. The lowest BCUT2D eigenvalue weighted by Crippen LogP contribution is -2.41. The van der Waals surface area contributed by atoms with Crippen LogP contribution in [-0.4, -0.2) is 46.9 Å². The first-order chi connectivity index (χ1) is 10.5. The number of guanidine groups is 1. The highest BCUT2D eigenvalue weighted by molar-refractivity contribution is 5.79. The third-order valence-corrected chi connectivity index (χ3v) is 3.13. The van der Waals surface area contributed by atoms with Crippen molar-refractivity contribution in [3.8, 4) is 17.2 Å². The second-order valence-corrected chi connectivity index (χ2v) is 5.06. The van der Waals surface area contributed by atoms with Crippen molar-refractivity contribution >= 4 is 5.96 Å². The maximum atomic E-state index is 5.45. The van der Waals surface area contributed by atoms with E-state index in [4.69, 9.17) is 14.2 Å². The van der Waals surface area contributed by atoms with Crippen LogP contribution < -0.4 is 24.8 Å². The Balaban J connectivity index is 2.80.